The standard InChI is InChI=1S/C13H20F3NO4SSi/c1-12(2,3)11(21-23(4)5)9-6-10(8-17-7-9)20-22(18,19)13(14,15)16/h6-8,11,23H,1-5H3. The van der Waals surface area contributed by atoms with Gasteiger partial charge in [-0.3, -0.25) is 4.98 Å². The maximum absolute atomic E-state index is 12.4. The van der Waals surface area contributed by atoms with Gasteiger partial charge in [-0.25, -0.2) is 0 Å². The monoisotopic (exact) mass is 371 g/mol. The molecule has 0 N–H and O–H groups in total. The fourth-order valence-corrected chi connectivity index (χ4v) is 3.40. The molecular formula is C13H20F3NO4SSi. The van der Waals surface area contributed by atoms with E-state index in [0.717, 1.165) is 6.20 Å². The number of hydrogen-bond donors (Lipinski definition) is 0. The van der Waals surface area contributed by atoms with Crippen LogP contribution in [0.5, 0.6) is 5.75 Å². The first kappa shape index (κ1) is 19.9. The lowest BCUT2D eigenvalue weighted by molar-refractivity contribution is -0.0500. The van der Waals surface area contributed by atoms with Crippen LogP contribution in [0.25, 0.3) is 0 Å². The summed E-state index contributed by atoms with van der Waals surface area (Å²) in [6, 6.07) is 1.21. The van der Waals surface area contributed by atoms with Crippen molar-refractivity contribution in [2.24, 2.45) is 5.41 Å². The largest absolute Gasteiger partial charge is 0.534 e. The molecule has 10 heteroatoms. The summed E-state index contributed by atoms with van der Waals surface area (Å²) < 4.78 is 69.4. The van der Waals surface area contributed by atoms with Crippen LogP contribution in [-0.2, 0) is 14.5 Å². The van der Waals surface area contributed by atoms with E-state index < -0.39 is 36.5 Å². The summed E-state index contributed by atoms with van der Waals surface area (Å²) in [4.78, 5) is 3.77. The van der Waals surface area contributed by atoms with Crippen LogP contribution >= 0.6 is 0 Å². The van der Waals surface area contributed by atoms with Gasteiger partial charge in [0.1, 0.15) is 0 Å². The predicted molar refractivity (Wildman–Crippen MR) is 82.0 cm³/mol. The summed E-state index contributed by atoms with van der Waals surface area (Å²) in [6.07, 6.45) is 1.91. The number of pyridine rings is 1. The van der Waals surface area contributed by atoms with Gasteiger partial charge in [-0.15, -0.1) is 0 Å². The third-order valence-corrected chi connectivity index (χ3v) is 4.52. The summed E-state index contributed by atoms with van der Waals surface area (Å²) in [7, 11) is -7.17. The molecule has 0 radical (unpaired) electrons. The van der Waals surface area contributed by atoms with Gasteiger partial charge in [0.05, 0.1) is 12.3 Å². The first-order valence-electron chi connectivity index (χ1n) is 6.85. The molecule has 1 unspecified atom stereocenters. The van der Waals surface area contributed by atoms with Gasteiger partial charge in [-0.1, -0.05) is 20.8 Å². The second kappa shape index (κ2) is 6.77. The second-order valence-corrected chi connectivity index (χ2v) is 10.3. The minimum absolute atomic E-state index is 0.347. The molecule has 1 rings (SSSR count). The van der Waals surface area contributed by atoms with Gasteiger partial charge in [-0.05, 0) is 24.6 Å². The Labute approximate surface area is 135 Å². The third-order valence-electron chi connectivity index (χ3n) is 2.72. The van der Waals surface area contributed by atoms with Crippen LogP contribution in [0.15, 0.2) is 18.5 Å². The second-order valence-electron chi connectivity index (χ2n) is 6.37. The SMILES string of the molecule is C[SiH](C)OC(c1cncc(OS(=O)(=O)C(F)(F)F)c1)C(C)(C)C. The van der Waals surface area contributed by atoms with E-state index in [1.54, 1.807) is 0 Å². The van der Waals surface area contributed by atoms with Crippen molar-refractivity contribution < 1.29 is 30.2 Å². The highest BCUT2D eigenvalue weighted by atomic mass is 32.2. The Bertz CT molecular complexity index is 641. The molecule has 132 valence electrons. The average molecular weight is 371 g/mol. The molecule has 23 heavy (non-hydrogen) atoms. The minimum Gasteiger partial charge on any atom is -0.413 e. The number of alkyl halides is 3. The molecule has 0 amide bonds. The van der Waals surface area contributed by atoms with E-state index in [2.05, 4.69) is 9.17 Å². The van der Waals surface area contributed by atoms with Crippen molar-refractivity contribution in [3.05, 3.63) is 24.0 Å². The van der Waals surface area contributed by atoms with Crippen LogP contribution in [-0.4, -0.2) is 28.0 Å². The lowest BCUT2D eigenvalue weighted by Gasteiger charge is -2.32. The fraction of sp³-hybridized carbons (Fsp3) is 0.615. The van der Waals surface area contributed by atoms with Gasteiger partial charge >= 0.3 is 15.6 Å². The Morgan fingerprint density at radius 3 is 2.17 bits per heavy atom. The van der Waals surface area contributed by atoms with E-state index in [1.807, 2.05) is 33.9 Å². The Morgan fingerprint density at radius 1 is 1.17 bits per heavy atom. The molecule has 0 saturated heterocycles. The zero-order valence-corrected chi connectivity index (χ0v) is 15.5. The van der Waals surface area contributed by atoms with Gasteiger partial charge in [-0.2, -0.15) is 21.6 Å². The minimum atomic E-state index is -5.72. The number of nitrogens with zero attached hydrogens (tertiary/aromatic N) is 1. The number of aromatic nitrogens is 1. The van der Waals surface area contributed by atoms with Crippen molar-refractivity contribution in [1.82, 2.24) is 4.98 Å². The number of hydrogen-bond acceptors (Lipinski definition) is 5. The van der Waals surface area contributed by atoms with Crippen LogP contribution in [0.3, 0.4) is 0 Å². The molecule has 1 atom stereocenters. The van der Waals surface area contributed by atoms with Crippen molar-refractivity contribution in [3.8, 4) is 5.75 Å². The summed E-state index contributed by atoms with van der Waals surface area (Å²) in [6.45, 7) is 9.65. The molecule has 1 aromatic rings. The van der Waals surface area contributed by atoms with Gasteiger partial charge in [0.15, 0.2) is 14.8 Å². The highest BCUT2D eigenvalue weighted by Gasteiger charge is 2.48. The van der Waals surface area contributed by atoms with E-state index in [0.29, 0.717) is 5.56 Å². The van der Waals surface area contributed by atoms with E-state index in [4.69, 9.17) is 4.43 Å². The van der Waals surface area contributed by atoms with Crippen molar-refractivity contribution in [1.29, 1.82) is 0 Å². The zero-order chi connectivity index (χ0) is 18.1. The lowest BCUT2D eigenvalue weighted by Crippen LogP contribution is -2.28. The van der Waals surface area contributed by atoms with E-state index in [-0.39, 0.29) is 5.41 Å². The number of rotatable bonds is 5. The fourth-order valence-electron chi connectivity index (χ4n) is 1.85. The molecule has 0 spiro atoms. The molecule has 0 aliphatic rings. The van der Waals surface area contributed by atoms with Crippen LogP contribution in [0.1, 0.15) is 32.4 Å². The quantitative estimate of drug-likeness (QED) is 0.451. The highest BCUT2D eigenvalue weighted by molar-refractivity contribution is 7.87. The van der Waals surface area contributed by atoms with Crippen LogP contribution < -0.4 is 4.18 Å². The first-order valence-corrected chi connectivity index (χ1v) is 11.0. The highest BCUT2D eigenvalue weighted by Crippen LogP contribution is 2.37. The Kier molecular flexibility index (Phi) is 5.87. The Balaban J connectivity index is 3.17. The summed E-state index contributed by atoms with van der Waals surface area (Å²) in [5, 5.41) is 0. The topological polar surface area (TPSA) is 65.5 Å². The molecule has 1 heterocycles. The molecule has 5 nitrogen and oxygen atoms in total. The third kappa shape index (κ3) is 5.46. The molecular weight excluding hydrogens is 351 g/mol. The normalized spacial score (nSPS) is 14.8. The molecule has 0 saturated carbocycles. The molecule has 0 bridgehead atoms. The van der Waals surface area contributed by atoms with Crippen molar-refractivity contribution in [2.45, 2.75) is 45.5 Å². The van der Waals surface area contributed by atoms with Crippen molar-refractivity contribution in [3.63, 3.8) is 0 Å². The van der Waals surface area contributed by atoms with Gasteiger partial charge in [0.2, 0.25) is 0 Å². The van der Waals surface area contributed by atoms with Crippen molar-refractivity contribution >= 4 is 19.2 Å². The number of halogens is 3. The smallest absolute Gasteiger partial charge is 0.413 e. The van der Waals surface area contributed by atoms with Gasteiger partial charge in [0.25, 0.3) is 0 Å². The zero-order valence-electron chi connectivity index (χ0n) is 13.5. The van der Waals surface area contributed by atoms with Crippen LogP contribution in [0, 0.1) is 5.41 Å². The maximum Gasteiger partial charge on any atom is 0.534 e. The van der Waals surface area contributed by atoms with Crippen LogP contribution in [0.2, 0.25) is 13.1 Å². The van der Waals surface area contributed by atoms with Crippen molar-refractivity contribution in [2.75, 3.05) is 0 Å². The van der Waals surface area contributed by atoms with E-state index >= 15 is 0 Å². The van der Waals surface area contributed by atoms with E-state index in [1.165, 1.54) is 12.3 Å². The Hall–Kier alpha value is -1.13. The van der Waals surface area contributed by atoms with Gasteiger partial charge < -0.3 is 8.61 Å². The van der Waals surface area contributed by atoms with E-state index in [9.17, 15) is 21.6 Å². The summed E-state index contributed by atoms with van der Waals surface area (Å²) in [5.41, 5.74) is -5.37. The summed E-state index contributed by atoms with van der Waals surface area (Å²) >= 11 is 0. The maximum atomic E-state index is 12.4. The molecule has 0 aromatic carbocycles. The first-order chi connectivity index (χ1) is 10.2. The summed E-state index contributed by atoms with van der Waals surface area (Å²) in [5.74, 6) is -0.497. The molecule has 0 aliphatic heterocycles. The van der Waals surface area contributed by atoms with Crippen LogP contribution in [0.4, 0.5) is 13.2 Å². The lowest BCUT2D eigenvalue weighted by atomic mass is 9.85. The predicted octanol–water partition coefficient (Wildman–Crippen LogP) is 3.40. The molecule has 0 fully saturated rings. The molecule has 1 aromatic heterocycles. The van der Waals surface area contributed by atoms with Gasteiger partial charge in [0, 0.05) is 11.8 Å². The molecule has 0 aliphatic carbocycles. The average Bonchev–Trinajstić information content (AvgIpc) is 2.32. The Morgan fingerprint density at radius 2 is 1.74 bits per heavy atom.